The van der Waals surface area contributed by atoms with Crippen LogP contribution in [-0.2, 0) is 27.5 Å². The summed E-state index contributed by atoms with van der Waals surface area (Å²) >= 11 is 0. The van der Waals surface area contributed by atoms with Gasteiger partial charge in [0.05, 0.1) is 7.11 Å². The van der Waals surface area contributed by atoms with Gasteiger partial charge >= 0.3 is 6.16 Å². The first kappa shape index (κ1) is 23.8. The van der Waals surface area contributed by atoms with Crippen LogP contribution >= 0.6 is 0 Å². The van der Waals surface area contributed by atoms with E-state index in [9.17, 15) is 14.4 Å². The molecule has 0 bridgehead atoms. The molecule has 1 aliphatic rings. The zero-order chi connectivity index (χ0) is 24.6. The van der Waals surface area contributed by atoms with Crippen LogP contribution in [0.2, 0.25) is 0 Å². The van der Waals surface area contributed by atoms with E-state index in [0.29, 0.717) is 18.1 Å². The van der Waals surface area contributed by atoms with Crippen molar-refractivity contribution in [2.24, 2.45) is 0 Å². The molecule has 3 aromatic carbocycles. The molecule has 1 atom stereocenters. The molecule has 0 saturated carbocycles. The molecule has 0 radical (unpaired) electrons. The number of carbonyl (C=O) groups is 3. The van der Waals surface area contributed by atoms with Crippen LogP contribution in [0.25, 0.3) is 0 Å². The normalized spacial score (nSPS) is 14.9. The quantitative estimate of drug-likeness (QED) is 0.353. The molecule has 1 aliphatic heterocycles. The Kier molecular flexibility index (Phi) is 7.62. The Morgan fingerprint density at radius 3 is 2.20 bits per heavy atom. The number of carbonyl (C=O) groups excluding carboxylic acids is 3. The van der Waals surface area contributed by atoms with E-state index < -0.39 is 24.1 Å². The first-order valence-corrected chi connectivity index (χ1v) is 11.1. The summed E-state index contributed by atoms with van der Waals surface area (Å²) in [4.78, 5) is 38.9. The summed E-state index contributed by atoms with van der Waals surface area (Å²) in [5, 5.41) is 0. The zero-order valence-corrected chi connectivity index (χ0v) is 19.2. The first-order valence-electron chi connectivity index (χ1n) is 11.1. The molecule has 35 heavy (non-hydrogen) atoms. The molecule has 1 heterocycles. The van der Waals surface area contributed by atoms with Gasteiger partial charge in [-0.1, -0.05) is 60.7 Å². The molecule has 0 unspecified atom stereocenters. The predicted molar refractivity (Wildman–Crippen MR) is 126 cm³/mol. The lowest BCUT2D eigenvalue weighted by Gasteiger charge is -2.17. The van der Waals surface area contributed by atoms with Crippen LogP contribution in [0.1, 0.15) is 27.9 Å². The second-order valence-electron chi connectivity index (χ2n) is 7.85. The van der Waals surface area contributed by atoms with E-state index in [1.807, 2.05) is 48.5 Å². The number of hydrogen-bond donors (Lipinski definition) is 0. The van der Waals surface area contributed by atoms with Crippen LogP contribution in [0.15, 0.2) is 78.9 Å². The van der Waals surface area contributed by atoms with Crippen molar-refractivity contribution in [2.75, 3.05) is 13.7 Å². The van der Waals surface area contributed by atoms with E-state index in [1.54, 1.807) is 30.3 Å². The van der Waals surface area contributed by atoms with Gasteiger partial charge in [0, 0.05) is 18.5 Å². The van der Waals surface area contributed by atoms with Crippen LogP contribution < -0.4 is 9.47 Å². The Morgan fingerprint density at radius 1 is 0.886 bits per heavy atom. The monoisotopic (exact) mass is 475 g/mol. The fourth-order valence-corrected chi connectivity index (χ4v) is 3.65. The summed E-state index contributed by atoms with van der Waals surface area (Å²) in [7, 11) is 1.51. The minimum absolute atomic E-state index is 0.0286. The van der Waals surface area contributed by atoms with E-state index in [4.69, 9.17) is 18.9 Å². The van der Waals surface area contributed by atoms with Gasteiger partial charge in [0.1, 0.15) is 13.2 Å². The Labute approximate surface area is 203 Å². The van der Waals surface area contributed by atoms with Gasteiger partial charge < -0.3 is 18.9 Å². The van der Waals surface area contributed by atoms with E-state index in [1.165, 1.54) is 7.11 Å². The van der Waals surface area contributed by atoms with E-state index >= 15 is 0 Å². The summed E-state index contributed by atoms with van der Waals surface area (Å²) < 4.78 is 21.4. The van der Waals surface area contributed by atoms with Gasteiger partial charge in [-0.05, 0) is 29.3 Å². The number of hydrogen-bond acceptors (Lipinski definition) is 7. The smallest absolute Gasteiger partial charge is 0.493 e. The zero-order valence-electron chi connectivity index (χ0n) is 19.2. The highest BCUT2D eigenvalue weighted by Gasteiger charge is 2.39. The van der Waals surface area contributed by atoms with Crippen molar-refractivity contribution < 1.29 is 33.3 Å². The van der Waals surface area contributed by atoms with Crippen LogP contribution in [0.4, 0.5) is 4.79 Å². The molecule has 3 aromatic rings. The molecular weight excluding hydrogens is 450 g/mol. The SMILES string of the molecule is COc1ccc(C(=O)N2CC[C@H](OC(=O)OCc3ccccc3)C2=O)cc1OCc1ccccc1. The highest BCUT2D eigenvalue weighted by molar-refractivity contribution is 6.07. The Morgan fingerprint density at radius 2 is 1.54 bits per heavy atom. The predicted octanol–water partition coefficient (Wildman–Crippen LogP) is 4.37. The number of rotatable bonds is 8. The number of ether oxygens (including phenoxy) is 4. The second-order valence-corrected chi connectivity index (χ2v) is 7.85. The topological polar surface area (TPSA) is 91.4 Å². The summed E-state index contributed by atoms with van der Waals surface area (Å²) in [6.45, 7) is 0.444. The molecule has 1 saturated heterocycles. The maximum atomic E-state index is 13.1. The average molecular weight is 475 g/mol. The number of nitrogens with zero attached hydrogens (tertiary/aromatic N) is 1. The number of benzene rings is 3. The van der Waals surface area contributed by atoms with Gasteiger partial charge in [-0.15, -0.1) is 0 Å². The van der Waals surface area contributed by atoms with Crippen molar-refractivity contribution in [1.29, 1.82) is 0 Å². The third-order valence-electron chi connectivity index (χ3n) is 5.49. The van der Waals surface area contributed by atoms with Crippen LogP contribution in [-0.4, -0.2) is 42.6 Å². The number of amides is 2. The summed E-state index contributed by atoms with van der Waals surface area (Å²) in [6.07, 6.45) is -1.84. The minimum Gasteiger partial charge on any atom is -0.493 e. The second kappa shape index (κ2) is 11.2. The van der Waals surface area contributed by atoms with Crippen molar-refractivity contribution in [3.05, 3.63) is 95.6 Å². The van der Waals surface area contributed by atoms with Gasteiger partial charge in [0.2, 0.25) is 0 Å². The maximum absolute atomic E-state index is 13.1. The number of imide groups is 1. The summed E-state index contributed by atoms with van der Waals surface area (Å²) in [5.41, 5.74) is 2.01. The van der Waals surface area contributed by atoms with Crippen LogP contribution in [0.3, 0.4) is 0 Å². The van der Waals surface area contributed by atoms with Gasteiger partial charge in [-0.3, -0.25) is 14.5 Å². The van der Waals surface area contributed by atoms with Crippen molar-refractivity contribution in [1.82, 2.24) is 4.90 Å². The standard InChI is InChI=1S/C27H25NO7/c1-32-22-13-12-21(16-24(22)33-17-19-8-4-2-5-9-19)25(29)28-15-14-23(26(28)30)35-27(31)34-18-20-10-6-3-7-11-20/h2-13,16,23H,14-15,17-18H2,1H3/t23-/m0/s1. The van der Waals surface area contributed by atoms with Crippen molar-refractivity contribution >= 4 is 18.0 Å². The summed E-state index contributed by atoms with van der Waals surface area (Å²) in [5.74, 6) is -0.251. The molecule has 4 rings (SSSR count). The van der Waals surface area contributed by atoms with E-state index in [-0.39, 0.29) is 25.1 Å². The van der Waals surface area contributed by atoms with Gasteiger partial charge in [0.15, 0.2) is 17.6 Å². The van der Waals surface area contributed by atoms with E-state index in [0.717, 1.165) is 16.0 Å². The molecule has 2 amide bonds. The molecule has 0 spiro atoms. The molecule has 0 N–H and O–H groups in total. The molecule has 8 heteroatoms. The number of likely N-dealkylation sites (tertiary alicyclic amines) is 1. The van der Waals surface area contributed by atoms with Crippen LogP contribution in [0.5, 0.6) is 11.5 Å². The molecule has 0 aliphatic carbocycles. The lowest BCUT2D eigenvalue weighted by atomic mass is 10.1. The molecule has 0 aromatic heterocycles. The van der Waals surface area contributed by atoms with Crippen molar-refractivity contribution in [3.63, 3.8) is 0 Å². The lowest BCUT2D eigenvalue weighted by molar-refractivity contribution is -0.133. The first-order chi connectivity index (χ1) is 17.0. The minimum atomic E-state index is -1.07. The third-order valence-corrected chi connectivity index (χ3v) is 5.49. The van der Waals surface area contributed by atoms with Crippen molar-refractivity contribution in [3.8, 4) is 11.5 Å². The largest absolute Gasteiger partial charge is 0.509 e. The average Bonchev–Trinajstić information content (AvgIpc) is 3.26. The highest BCUT2D eigenvalue weighted by atomic mass is 16.7. The lowest BCUT2D eigenvalue weighted by Crippen LogP contribution is -2.36. The van der Waals surface area contributed by atoms with Crippen LogP contribution in [0, 0.1) is 0 Å². The van der Waals surface area contributed by atoms with Crippen molar-refractivity contribution in [2.45, 2.75) is 25.7 Å². The summed E-state index contributed by atoms with van der Waals surface area (Å²) in [6, 6.07) is 23.4. The molecule has 180 valence electrons. The molecular formula is C27H25NO7. The third kappa shape index (κ3) is 5.97. The fraction of sp³-hybridized carbons (Fsp3) is 0.222. The fourth-order valence-electron chi connectivity index (χ4n) is 3.65. The highest BCUT2D eigenvalue weighted by Crippen LogP contribution is 2.30. The Bertz CT molecular complexity index is 1180. The van der Waals surface area contributed by atoms with Gasteiger partial charge in [0.25, 0.3) is 11.8 Å². The number of methoxy groups -OCH3 is 1. The Balaban J connectivity index is 1.37. The molecule has 8 nitrogen and oxygen atoms in total. The van der Waals surface area contributed by atoms with E-state index in [2.05, 4.69) is 0 Å². The van der Waals surface area contributed by atoms with Gasteiger partial charge in [-0.2, -0.15) is 0 Å². The Hall–Kier alpha value is -4.33. The molecule has 1 fully saturated rings. The van der Waals surface area contributed by atoms with Gasteiger partial charge in [-0.25, -0.2) is 4.79 Å². The maximum Gasteiger partial charge on any atom is 0.509 e.